The van der Waals surface area contributed by atoms with E-state index in [2.05, 4.69) is 12.1 Å². The standard InChI is InChI=1S/C23H20N4O2/c1-26(18-6-4-5-17(24)14-18)27-21-8-3-2-7-19(21)20(25-27)11-9-16-10-12-22-23(13-16)29-15-28-22/h2-14H,15,24H2,1H3. The van der Waals surface area contributed by atoms with E-state index in [-0.39, 0.29) is 6.79 Å². The second-order valence-corrected chi connectivity index (χ2v) is 6.86. The van der Waals surface area contributed by atoms with Crippen LogP contribution in [0, 0.1) is 0 Å². The molecule has 2 N–H and O–H groups in total. The summed E-state index contributed by atoms with van der Waals surface area (Å²) in [5, 5.41) is 7.89. The van der Waals surface area contributed by atoms with Crippen LogP contribution in [0.15, 0.2) is 66.7 Å². The maximum atomic E-state index is 5.96. The summed E-state index contributed by atoms with van der Waals surface area (Å²) in [6.07, 6.45) is 4.05. The number of anilines is 2. The Morgan fingerprint density at radius 1 is 0.966 bits per heavy atom. The Labute approximate surface area is 168 Å². The Balaban J connectivity index is 1.53. The number of nitrogen functional groups attached to an aromatic ring is 1. The van der Waals surface area contributed by atoms with Gasteiger partial charge in [0.25, 0.3) is 0 Å². The lowest BCUT2D eigenvalue weighted by atomic mass is 10.1. The minimum absolute atomic E-state index is 0.272. The van der Waals surface area contributed by atoms with E-state index in [1.54, 1.807) is 0 Å². The topological polar surface area (TPSA) is 65.5 Å². The Hall–Kier alpha value is -3.93. The van der Waals surface area contributed by atoms with Gasteiger partial charge in [-0.25, -0.2) is 0 Å². The van der Waals surface area contributed by atoms with Crippen LogP contribution in [-0.2, 0) is 0 Å². The second kappa shape index (κ2) is 6.91. The van der Waals surface area contributed by atoms with E-state index in [0.717, 1.165) is 39.3 Å². The van der Waals surface area contributed by atoms with Crippen molar-refractivity contribution in [2.45, 2.75) is 0 Å². The number of benzene rings is 3. The SMILES string of the molecule is CN(c1cccc(N)c1)n1nc(C=Cc2ccc3c(c2)OCO3)c2ccccc21. The van der Waals surface area contributed by atoms with Crippen LogP contribution >= 0.6 is 0 Å². The van der Waals surface area contributed by atoms with Crippen molar-refractivity contribution in [1.82, 2.24) is 9.89 Å². The van der Waals surface area contributed by atoms with Gasteiger partial charge in [0.05, 0.1) is 16.9 Å². The van der Waals surface area contributed by atoms with Gasteiger partial charge in [0.1, 0.15) is 0 Å². The molecule has 0 spiro atoms. The van der Waals surface area contributed by atoms with Crippen LogP contribution in [-0.4, -0.2) is 23.7 Å². The molecule has 0 atom stereocenters. The third kappa shape index (κ3) is 3.14. The lowest BCUT2D eigenvalue weighted by molar-refractivity contribution is 0.174. The minimum Gasteiger partial charge on any atom is -0.454 e. The Kier molecular flexibility index (Phi) is 4.09. The van der Waals surface area contributed by atoms with Crippen molar-refractivity contribution in [3.8, 4) is 11.5 Å². The normalized spacial score (nSPS) is 12.7. The predicted molar refractivity (Wildman–Crippen MR) is 116 cm³/mol. The van der Waals surface area contributed by atoms with Crippen LogP contribution in [0.5, 0.6) is 11.5 Å². The number of rotatable bonds is 4. The third-order valence-corrected chi connectivity index (χ3v) is 4.96. The number of fused-ring (bicyclic) bond motifs is 2. The van der Waals surface area contributed by atoms with Gasteiger partial charge in [0.2, 0.25) is 6.79 Å². The molecular formula is C23H20N4O2. The summed E-state index contributed by atoms with van der Waals surface area (Å²) in [7, 11) is 1.97. The van der Waals surface area contributed by atoms with Crippen LogP contribution in [0.1, 0.15) is 11.3 Å². The highest BCUT2D eigenvalue weighted by atomic mass is 16.7. The molecule has 0 saturated heterocycles. The quantitative estimate of drug-likeness (QED) is 0.528. The molecule has 0 radical (unpaired) electrons. The molecular weight excluding hydrogens is 364 g/mol. The van der Waals surface area contributed by atoms with Gasteiger partial charge in [-0.3, -0.25) is 5.01 Å². The summed E-state index contributed by atoms with van der Waals surface area (Å²) in [5.41, 5.74) is 10.6. The van der Waals surface area contributed by atoms with E-state index in [0.29, 0.717) is 5.69 Å². The summed E-state index contributed by atoms with van der Waals surface area (Å²) in [6.45, 7) is 0.272. The fourth-order valence-electron chi connectivity index (χ4n) is 3.45. The number of para-hydroxylation sites is 1. The Morgan fingerprint density at radius 2 is 1.83 bits per heavy atom. The van der Waals surface area contributed by atoms with Crippen molar-refractivity contribution in [3.63, 3.8) is 0 Å². The number of hydrogen-bond donors (Lipinski definition) is 1. The highest BCUT2D eigenvalue weighted by Gasteiger charge is 2.14. The molecule has 3 aromatic carbocycles. The number of nitrogens with zero attached hydrogens (tertiary/aromatic N) is 3. The highest BCUT2D eigenvalue weighted by molar-refractivity contribution is 5.90. The number of aromatic nitrogens is 2. The van der Waals surface area contributed by atoms with E-state index in [1.807, 2.05) is 83.6 Å². The van der Waals surface area contributed by atoms with E-state index in [9.17, 15) is 0 Å². The summed E-state index contributed by atoms with van der Waals surface area (Å²) in [6, 6.07) is 21.8. The largest absolute Gasteiger partial charge is 0.454 e. The zero-order valence-corrected chi connectivity index (χ0v) is 15.9. The molecule has 2 heterocycles. The van der Waals surface area contributed by atoms with Crippen LogP contribution in [0.2, 0.25) is 0 Å². The lowest BCUT2D eigenvalue weighted by Crippen LogP contribution is -2.25. The van der Waals surface area contributed by atoms with E-state index in [4.69, 9.17) is 20.3 Å². The van der Waals surface area contributed by atoms with Gasteiger partial charge in [-0.15, -0.1) is 0 Å². The van der Waals surface area contributed by atoms with Crippen molar-refractivity contribution in [2.24, 2.45) is 0 Å². The summed E-state index contributed by atoms with van der Waals surface area (Å²) in [5.74, 6) is 1.55. The molecule has 0 unspecified atom stereocenters. The zero-order valence-electron chi connectivity index (χ0n) is 15.9. The highest BCUT2D eigenvalue weighted by Crippen LogP contribution is 2.33. The average Bonchev–Trinajstić information content (AvgIpc) is 3.36. The summed E-state index contributed by atoms with van der Waals surface area (Å²) >= 11 is 0. The van der Waals surface area contributed by atoms with Gasteiger partial charge in [0, 0.05) is 18.1 Å². The summed E-state index contributed by atoms with van der Waals surface area (Å²) < 4.78 is 10.8. The molecule has 0 bridgehead atoms. The molecule has 0 amide bonds. The van der Waals surface area contributed by atoms with Gasteiger partial charge in [-0.1, -0.05) is 36.4 Å². The average molecular weight is 384 g/mol. The van der Waals surface area contributed by atoms with Crippen LogP contribution < -0.4 is 20.2 Å². The molecule has 0 saturated carbocycles. The molecule has 1 aromatic heterocycles. The van der Waals surface area contributed by atoms with Gasteiger partial charge >= 0.3 is 0 Å². The van der Waals surface area contributed by atoms with Crippen LogP contribution in [0.4, 0.5) is 11.4 Å². The van der Waals surface area contributed by atoms with Crippen molar-refractivity contribution < 1.29 is 9.47 Å². The number of nitrogens with two attached hydrogens (primary N) is 1. The number of ether oxygens (including phenoxy) is 2. The molecule has 0 aliphatic carbocycles. The first-order valence-corrected chi connectivity index (χ1v) is 9.34. The molecule has 6 heteroatoms. The van der Waals surface area contributed by atoms with Gasteiger partial charge in [-0.2, -0.15) is 9.89 Å². The zero-order chi connectivity index (χ0) is 19.8. The molecule has 1 aliphatic heterocycles. The smallest absolute Gasteiger partial charge is 0.231 e. The fourth-order valence-corrected chi connectivity index (χ4v) is 3.45. The molecule has 6 nitrogen and oxygen atoms in total. The van der Waals surface area contributed by atoms with Crippen molar-refractivity contribution in [3.05, 3.63) is 78.0 Å². The number of hydrogen-bond acceptors (Lipinski definition) is 5. The van der Waals surface area contributed by atoms with E-state index < -0.39 is 0 Å². The first-order chi connectivity index (χ1) is 14.2. The Morgan fingerprint density at radius 3 is 2.72 bits per heavy atom. The summed E-state index contributed by atoms with van der Waals surface area (Å²) in [4.78, 5) is 1.89. The first kappa shape index (κ1) is 17.2. The van der Waals surface area contributed by atoms with Gasteiger partial charge < -0.3 is 15.2 Å². The molecule has 5 rings (SSSR count). The maximum absolute atomic E-state index is 5.96. The van der Waals surface area contributed by atoms with Gasteiger partial charge in [0.15, 0.2) is 11.5 Å². The van der Waals surface area contributed by atoms with Gasteiger partial charge in [-0.05, 0) is 48.0 Å². The molecule has 1 aliphatic rings. The van der Waals surface area contributed by atoms with Crippen molar-refractivity contribution >= 4 is 34.4 Å². The van der Waals surface area contributed by atoms with Crippen LogP contribution in [0.25, 0.3) is 23.1 Å². The maximum Gasteiger partial charge on any atom is 0.231 e. The van der Waals surface area contributed by atoms with Crippen LogP contribution in [0.3, 0.4) is 0 Å². The van der Waals surface area contributed by atoms with Crippen molar-refractivity contribution in [2.75, 3.05) is 24.6 Å². The molecule has 29 heavy (non-hydrogen) atoms. The molecule has 4 aromatic rings. The fraction of sp³-hybridized carbons (Fsp3) is 0.0870. The van der Waals surface area contributed by atoms with Crippen molar-refractivity contribution in [1.29, 1.82) is 0 Å². The molecule has 144 valence electrons. The lowest BCUT2D eigenvalue weighted by Gasteiger charge is -2.20. The second-order valence-electron chi connectivity index (χ2n) is 6.86. The minimum atomic E-state index is 0.272. The first-order valence-electron chi connectivity index (χ1n) is 9.34. The predicted octanol–water partition coefficient (Wildman–Crippen LogP) is 4.42. The van der Waals surface area contributed by atoms with E-state index in [1.165, 1.54) is 0 Å². The van der Waals surface area contributed by atoms with E-state index >= 15 is 0 Å². The molecule has 0 fully saturated rings. The Bertz CT molecular complexity index is 1230. The third-order valence-electron chi connectivity index (χ3n) is 4.96. The monoisotopic (exact) mass is 384 g/mol.